The average Bonchev–Trinajstić information content (AvgIpc) is 2.91. The Kier molecular flexibility index (Phi) is 4.81. The Bertz CT molecular complexity index is 407. The minimum absolute atomic E-state index is 0.202. The van der Waals surface area contributed by atoms with Crippen molar-refractivity contribution >= 4 is 23.5 Å². The van der Waals surface area contributed by atoms with Crippen LogP contribution in [0.5, 0.6) is 0 Å². The minimum atomic E-state index is 0.202. The molecule has 5 nitrogen and oxygen atoms in total. The first-order valence-electron chi connectivity index (χ1n) is 6.26. The lowest BCUT2D eigenvalue weighted by molar-refractivity contribution is -0.127. The molecule has 1 aliphatic heterocycles. The molecule has 1 N–H and O–H groups in total. The number of carbonyl (C=O) groups is 1. The zero-order valence-corrected chi connectivity index (χ0v) is 11.4. The maximum atomic E-state index is 11.9. The number of hydrogen-bond acceptors (Lipinski definition) is 5. The molecule has 0 aromatic carbocycles. The number of nitrogens with zero attached hydrogens (tertiary/aromatic N) is 3. The Morgan fingerprint density at radius 2 is 2.22 bits per heavy atom. The maximum Gasteiger partial charge on any atom is 0.232 e. The molecular formula is C12H18N4OS. The highest BCUT2D eigenvalue weighted by Gasteiger charge is 2.17. The van der Waals surface area contributed by atoms with E-state index < -0.39 is 0 Å². The highest BCUT2D eigenvalue weighted by atomic mass is 32.2. The quantitative estimate of drug-likeness (QED) is 0.821. The van der Waals surface area contributed by atoms with Gasteiger partial charge in [-0.3, -0.25) is 9.78 Å². The van der Waals surface area contributed by atoms with Crippen molar-refractivity contribution in [1.29, 1.82) is 0 Å². The summed E-state index contributed by atoms with van der Waals surface area (Å²) in [6, 6.07) is 0. The molecule has 2 rings (SSSR count). The van der Waals surface area contributed by atoms with Gasteiger partial charge in [0, 0.05) is 19.6 Å². The first kappa shape index (κ1) is 13.1. The molecule has 0 atom stereocenters. The molecule has 0 radical (unpaired) electrons. The lowest BCUT2D eigenvalue weighted by atomic mass is 10.4. The fourth-order valence-corrected chi connectivity index (χ4v) is 2.63. The standard InChI is InChI=1S/C12H18N4OS/c1-2-14-10-7-13-8-11(15-10)18-9-12(17)16-5-3-4-6-16/h7-8H,2-6,9H2,1H3,(H,14,15). The van der Waals surface area contributed by atoms with Crippen LogP contribution in [0.25, 0.3) is 0 Å². The lowest BCUT2D eigenvalue weighted by Gasteiger charge is -2.14. The summed E-state index contributed by atoms with van der Waals surface area (Å²) in [5, 5.41) is 3.90. The molecule has 0 unspecified atom stereocenters. The van der Waals surface area contributed by atoms with Crippen LogP contribution in [-0.2, 0) is 4.79 Å². The van der Waals surface area contributed by atoms with Crippen LogP contribution in [0, 0.1) is 0 Å². The summed E-state index contributed by atoms with van der Waals surface area (Å²) in [4.78, 5) is 22.3. The number of likely N-dealkylation sites (tertiary alicyclic amines) is 1. The third kappa shape index (κ3) is 3.60. The number of carbonyl (C=O) groups excluding carboxylic acids is 1. The molecule has 6 heteroatoms. The molecule has 98 valence electrons. The Labute approximate surface area is 111 Å². The second-order valence-electron chi connectivity index (χ2n) is 4.15. The average molecular weight is 266 g/mol. The van der Waals surface area contributed by atoms with Crippen molar-refractivity contribution in [3.8, 4) is 0 Å². The highest BCUT2D eigenvalue weighted by Crippen LogP contribution is 2.18. The van der Waals surface area contributed by atoms with E-state index in [-0.39, 0.29) is 5.91 Å². The highest BCUT2D eigenvalue weighted by molar-refractivity contribution is 7.99. The van der Waals surface area contributed by atoms with Crippen LogP contribution in [0.1, 0.15) is 19.8 Å². The molecule has 1 amide bonds. The van der Waals surface area contributed by atoms with E-state index in [2.05, 4.69) is 15.3 Å². The van der Waals surface area contributed by atoms with Gasteiger partial charge in [0.25, 0.3) is 0 Å². The molecule has 0 spiro atoms. The summed E-state index contributed by atoms with van der Waals surface area (Å²) in [6.45, 7) is 4.64. The van der Waals surface area contributed by atoms with Crippen LogP contribution >= 0.6 is 11.8 Å². The summed E-state index contributed by atoms with van der Waals surface area (Å²) in [6.07, 6.45) is 5.65. The largest absolute Gasteiger partial charge is 0.369 e. The van der Waals surface area contributed by atoms with Crippen LogP contribution < -0.4 is 5.32 Å². The summed E-state index contributed by atoms with van der Waals surface area (Å²) in [5.74, 6) is 1.41. The van der Waals surface area contributed by atoms with E-state index in [9.17, 15) is 4.79 Å². The van der Waals surface area contributed by atoms with Gasteiger partial charge in [0.1, 0.15) is 10.8 Å². The zero-order chi connectivity index (χ0) is 12.8. The molecule has 0 aliphatic carbocycles. The van der Waals surface area contributed by atoms with Gasteiger partial charge >= 0.3 is 0 Å². The Balaban J connectivity index is 1.85. The Morgan fingerprint density at radius 1 is 1.44 bits per heavy atom. The topological polar surface area (TPSA) is 58.1 Å². The number of hydrogen-bond donors (Lipinski definition) is 1. The second kappa shape index (κ2) is 6.58. The number of aromatic nitrogens is 2. The third-order valence-electron chi connectivity index (χ3n) is 2.77. The first-order valence-corrected chi connectivity index (χ1v) is 7.24. The first-order chi connectivity index (χ1) is 8.79. The van der Waals surface area contributed by atoms with Crippen molar-refractivity contribution in [3.05, 3.63) is 12.4 Å². The summed E-state index contributed by atoms with van der Waals surface area (Å²) < 4.78 is 0. The fraction of sp³-hybridized carbons (Fsp3) is 0.583. The van der Waals surface area contributed by atoms with Crippen molar-refractivity contribution in [1.82, 2.24) is 14.9 Å². The van der Waals surface area contributed by atoms with Gasteiger partial charge in [-0.2, -0.15) is 0 Å². The van der Waals surface area contributed by atoms with Crippen LogP contribution in [0.15, 0.2) is 17.4 Å². The summed E-state index contributed by atoms with van der Waals surface area (Å²) in [5.41, 5.74) is 0. The van der Waals surface area contributed by atoms with Gasteiger partial charge < -0.3 is 10.2 Å². The van der Waals surface area contributed by atoms with Gasteiger partial charge in [0.2, 0.25) is 5.91 Å². The van der Waals surface area contributed by atoms with Crippen molar-refractivity contribution in [2.24, 2.45) is 0 Å². The zero-order valence-electron chi connectivity index (χ0n) is 10.6. The predicted octanol–water partition coefficient (Wildman–Crippen LogP) is 1.62. The van der Waals surface area contributed by atoms with E-state index in [4.69, 9.17) is 0 Å². The van der Waals surface area contributed by atoms with E-state index in [1.54, 1.807) is 12.4 Å². The van der Waals surface area contributed by atoms with E-state index >= 15 is 0 Å². The number of anilines is 1. The van der Waals surface area contributed by atoms with Gasteiger partial charge in [0.05, 0.1) is 18.1 Å². The van der Waals surface area contributed by atoms with Gasteiger partial charge in [-0.1, -0.05) is 11.8 Å². The molecule has 1 aromatic rings. The number of nitrogens with one attached hydrogen (secondary N) is 1. The van der Waals surface area contributed by atoms with Crippen molar-refractivity contribution < 1.29 is 4.79 Å². The third-order valence-corrected chi connectivity index (χ3v) is 3.66. The van der Waals surface area contributed by atoms with Crippen LogP contribution in [-0.4, -0.2) is 46.2 Å². The smallest absolute Gasteiger partial charge is 0.232 e. The van der Waals surface area contributed by atoms with Gasteiger partial charge in [0.15, 0.2) is 0 Å². The van der Waals surface area contributed by atoms with E-state index in [1.807, 2.05) is 11.8 Å². The normalized spacial score (nSPS) is 14.8. The molecule has 1 fully saturated rings. The Morgan fingerprint density at radius 3 is 2.94 bits per heavy atom. The van der Waals surface area contributed by atoms with E-state index in [0.717, 1.165) is 43.3 Å². The SMILES string of the molecule is CCNc1cncc(SCC(=O)N2CCCC2)n1. The van der Waals surface area contributed by atoms with Crippen molar-refractivity contribution in [3.63, 3.8) is 0 Å². The maximum absolute atomic E-state index is 11.9. The van der Waals surface area contributed by atoms with Crippen LogP contribution in [0.4, 0.5) is 5.82 Å². The number of amides is 1. The molecule has 2 heterocycles. The van der Waals surface area contributed by atoms with Crippen molar-refractivity contribution in [2.45, 2.75) is 24.8 Å². The molecule has 1 aliphatic rings. The molecule has 0 bridgehead atoms. The van der Waals surface area contributed by atoms with Gasteiger partial charge in [-0.15, -0.1) is 0 Å². The fourth-order valence-electron chi connectivity index (χ4n) is 1.88. The van der Waals surface area contributed by atoms with Gasteiger partial charge in [-0.05, 0) is 19.8 Å². The minimum Gasteiger partial charge on any atom is -0.369 e. The Hall–Kier alpha value is -1.30. The van der Waals surface area contributed by atoms with E-state index in [1.165, 1.54) is 11.8 Å². The number of thioether (sulfide) groups is 1. The monoisotopic (exact) mass is 266 g/mol. The van der Waals surface area contributed by atoms with Crippen LogP contribution in [0.2, 0.25) is 0 Å². The van der Waals surface area contributed by atoms with Crippen LogP contribution in [0.3, 0.4) is 0 Å². The molecule has 0 saturated carbocycles. The molecule has 1 aromatic heterocycles. The predicted molar refractivity (Wildman–Crippen MR) is 72.7 cm³/mol. The lowest BCUT2D eigenvalue weighted by Crippen LogP contribution is -2.29. The summed E-state index contributed by atoms with van der Waals surface area (Å²) in [7, 11) is 0. The van der Waals surface area contributed by atoms with Crippen molar-refractivity contribution in [2.75, 3.05) is 30.7 Å². The molecular weight excluding hydrogens is 248 g/mol. The van der Waals surface area contributed by atoms with Gasteiger partial charge in [-0.25, -0.2) is 4.98 Å². The van der Waals surface area contributed by atoms with E-state index in [0.29, 0.717) is 5.75 Å². The second-order valence-corrected chi connectivity index (χ2v) is 5.15. The summed E-state index contributed by atoms with van der Waals surface area (Å²) >= 11 is 1.45. The molecule has 18 heavy (non-hydrogen) atoms. The molecule has 1 saturated heterocycles. The number of rotatable bonds is 5.